The molecule has 0 heterocycles. The average molecular weight is 440 g/mol. The van der Waals surface area contributed by atoms with Crippen LogP contribution in [0.4, 0.5) is 0 Å². The molecule has 0 N–H and O–H groups in total. The first-order chi connectivity index (χ1) is 15.3. The molecule has 0 bridgehead atoms. The summed E-state index contributed by atoms with van der Waals surface area (Å²) in [6.07, 6.45) is 28.9. The molecule has 31 heavy (non-hydrogen) atoms. The number of nitrogens with zero attached hydrogens (tertiary/aromatic N) is 2. The zero-order valence-electron chi connectivity index (χ0n) is 22.0. The van der Waals surface area contributed by atoms with E-state index in [1.165, 1.54) is 128 Å². The minimum absolute atomic E-state index is 0.868. The SMILES string of the molecule is CCCCCCCCCCCCOCCC[N]N(C)CCCCCCCCCCCC. The molecule has 0 spiro atoms. The van der Waals surface area contributed by atoms with Crippen LogP contribution in [0, 0.1) is 0 Å². The molecule has 0 rings (SSSR count). The molecule has 0 saturated carbocycles. The fraction of sp³-hybridized carbons (Fsp3) is 1.00. The maximum Gasteiger partial charge on any atom is 0.0479 e. The Balaban J connectivity index is 3.12. The molecule has 0 fully saturated rings. The Morgan fingerprint density at radius 1 is 0.484 bits per heavy atom. The summed E-state index contributed by atoms with van der Waals surface area (Å²) in [6, 6.07) is 0. The molecule has 0 saturated heterocycles. The highest BCUT2D eigenvalue weighted by Gasteiger charge is 2.00. The van der Waals surface area contributed by atoms with Crippen molar-refractivity contribution in [1.82, 2.24) is 10.4 Å². The van der Waals surface area contributed by atoms with Gasteiger partial charge in [0.15, 0.2) is 0 Å². The first-order valence-corrected chi connectivity index (χ1v) is 14.3. The number of rotatable bonds is 27. The van der Waals surface area contributed by atoms with Crippen molar-refractivity contribution < 1.29 is 4.74 Å². The minimum atomic E-state index is 0.868. The number of hydrogen-bond acceptors (Lipinski definition) is 2. The summed E-state index contributed by atoms with van der Waals surface area (Å²) in [5.74, 6) is 0. The van der Waals surface area contributed by atoms with Crippen molar-refractivity contribution in [2.24, 2.45) is 0 Å². The maximum atomic E-state index is 5.78. The zero-order chi connectivity index (χ0) is 22.7. The van der Waals surface area contributed by atoms with Gasteiger partial charge in [-0.05, 0) is 19.3 Å². The molecule has 0 aromatic carbocycles. The van der Waals surface area contributed by atoms with Crippen LogP contribution in [0.1, 0.15) is 149 Å². The lowest BCUT2D eigenvalue weighted by Crippen LogP contribution is -2.29. The summed E-state index contributed by atoms with van der Waals surface area (Å²) in [5.41, 5.74) is 4.65. The molecule has 0 aliphatic heterocycles. The Morgan fingerprint density at radius 2 is 0.871 bits per heavy atom. The van der Waals surface area contributed by atoms with E-state index in [1.807, 2.05) is 0 Å². The normalized spacial score (nSPS) is 11.6. The number of hydrogen-bond donors (Lipinski definition) is 0. The van der Waals surface area contributed by atoms with Crippen LogP contribution in [0.25, 0.3) is 0 Å². The van der Waals surface area contributed by atoms with Crippen LogP contribution >= 0.6 is 0 Å². The number of unbranched alkanes of at least 4 members (excludes halogenated alkanes) is 18. The summed E-state index contributed by atoms with van der Waals surface area (Å²) in [4.78, 5) is 0. The van der Waals surface area contributed by atoms with E-state index >= 15 is 0 Å². The van der Waals surface area contributed by atoms with Crippen LogP contribution in [-0.2, 0) is 4.74 Å². The van der Waals surface area contributed by atoms with Gasteiger partial charge in [-0.15, -0.1) is 0 Å². The lowest BCUT2D eigenvalue weighted by molar-refractivity contribution is 0.119. The third kappa shape index (κ3) is 27.8. The Kier molecular flexibility index (Phi) is 27.8. The van der Waals surface area contributed by atoms with Gasteiger partial charge in [-0.25, -0.2) is 5.01 Å². The van der Waals surface area contributed by atoms with Gasteiger partial charge in [0.05, 0.1) is 0 Å². The molecule has 3 heteroatoms. The Labute approximate surface area is 197 Å². The molecule has 1 radical (unpaired) electrons. The standard InChI is InChI=1S/C28H59N2O/c1-4-6-8-10-12-14-16-18-20-22-26-30(3)29-25-24-28-31-27-23-21-19-17-15-13-11-9-7-5-2/h4-28H2,1-3H3. The summed E-state index contributed by atoms with van der Waals surface area (Å²) in [5, 5.41) is 2.15. The van der Waals surface area contributed by atoms with Gasteiger partial charge in [0.25, 0.3) is 0 Å². The van der Waals surface area contributed by atoms with E-state index in [4.69, 9.17) is 4.74 Å². The van der Waals surface area contributed by atoms with E-state index in [0.717, 1.165) is 32.7 Å². The van der Waals surface area contributed by atoms with Crippen molar-refractivity contribution in [2.45, 2.75) is 149 Å². The van der Waals surface area contributed by atoms with E-state index in [9.17, 15) is 0 Å². The maximum absolute atomic E-state index is 5.78. The van der Waals surface area contributed by atoms with Crippen LogP contribution in [0.15, 0.2) is 0 Å². The monoisotopic (exact) mass is 439 g/mol. The first kappa shape index (κ1) is 30.9. The molecule has 0 aromatic rings. The third-order valence-corrected chi connectivity index (χ3v) is 6.27. The molecular weight excluding hydrogens is 380 g/mol. The van der Waals surface area contributed by atoms with E-state index in [2.05, 4.69) is 31.3 Å². The van der Waals surface area contributed by atoms with E-state index in [1.54, 1.807) is 0 Å². The van der Waals surface area contributed by atoms with Crippen molar-refractivity contribution in [3.8, 4) is 0 Å². The summed E-state index contributed by atoms with van der Waals surface area (Å²) >= 11 is 0. The van der Waals surface area contributed by atoms with Crippen LogP contribution in [-0.4, -0.2) is 38.4 Å². The van der Waals surface area contributed by atoms with Crippen LogP contribution < -0.4 is 5.43 Å². The highest BCUT2D eigenvalue weighted by atomic mass is 16.5. The number of ether oxygens (including phenoxy) is 1. The largest absolute Gasteiger partial charge is 0.381 e. The van der Waals surface area contributed by atoms with Gasteiger partial charge < -0.3 is 4.74 Å². The quantitative estimate of drug-likeness (QED) is 0.0945. The molecule has 0 amide bonds. The van der Waals surface area contributed by atoms with Gasteiger partial charge in [0.1, 0.15) is 0 Å². The predicted molar refractivity (Wildman–Crippen MR) is 139 cm³/mol. The van der Waals surface area contributed by atoms with Crippen molar-refractivity contribution in [3.05, 3.63) is 0 Å². The topological polar surface area (TPSA) is 26.6 Å². The smallest absolute Gasteiger partial charge is 0.0479 e. The van der Waals surface area contributed by atoms with Gasteiger partial charge in [-0.3, -0.25) is 0 Å². The van der Waals surface area contributed by atoms with Crippen LogP contribution in [0.3, 0.4) is 0 Å². The second-order valence-electron chi connectivity index (χ2n) is 9.58. The fourth-order valence-corrected chi connectivity index (χ4v) is 4.10. The second kappa shape index (κ2) is 27.9. The Morgan fingerprint density at radius 3 is 1.35 bits per heavy atom. The van der Waals surface area contributed by atoms with Crippen LogP contribution in [0.2, 0.25) is 0 Å². The summed E-state index contributed by atoms with van der Waals surface area (Å²) in [7, 11) is 2.12. The highest BCUT2D eigenvalue weighted by Crippen LogP contribution is 2.11. The Hall–Kier alpha value is -0.120. The minimum Gasteiger partial charge on any atom is -0.381 e. The predicted octanol–water partition coefficient (Wildman–Crippen LogP) is 8.69. The van der Waals surface area contributed by atoms with Crippen molar-refractivity contribution in [1.29, 1.82) is 0 Å². The summed E-state index contributed by atoms with van der Waals surface area (Å²) < 4.78 is 5.78. The van der Waals surface area contributed by atoms with Gasteiger partial charge in [-0.2, -0.15) is 5.43 Å². The summed E-state index contributed by atoms with van der Waals surface area (Å²) in [6.45, 7) is 8.40. The van der Waals surface area contributed by atoms with Crippen molar-refractivity contribution in [2.75, 3.05) is 33.4 Å². The average Bonchev–Trinajstić information content (AvgIpc) is 2.77. The van der Waals surface area contributed by atoms with E-state index in [0.29, 0.717) is 0 Å². The molecule has 0 atom stereocenters. The molecule has 0 unspecified atom stereocenters. The lowest BCUT2D eigenvalue weighted by Gasteiger charge is -2.15. The highest BCUT2D eigenvalue weighted by molar-refractivity contribution is 4.51. The molecule has 0 aromatic heterocycles. The fourth-order valence-electron chi connectivity index (χ4n) is 4.10. The molecule has 0 aliphatic carbocycles. The molecule has 187 valence electrons. The molecule has 3 nitrogen and oxygen atoms in total. The third-order valence-electron chi connectivity index (χ3n) is 6.27. The van der Waals surface area contributed by atoms with Gasteiger partial charge >= 0.3 is 0 Å². The zero-order valence-corrected chi connectivity index (χ0v) is 22.0. The van der Waals surface area contributed by atoms with Crippen LogP contribution in [0.5, 0.6) is 0 Å². The molecule has 0 aliphatic rings. The molecular formula is C28H59N2O. The van der Waals surface area contributed by atoms with Crippen molar-refractivity contribution >= 4 is 0 Å². The van der Waals surface area contributed by atoms with Gasteiger partial charge in [-0.1, -0.05) is 129 Å². The van der Waals surface area contributed by atoms with Gasteiger partial charge in [0.2, 0.25) is 0 Å². The lowest BCUT2D eigenvalue weighted by atomic mass is 10.1. The second-order valence-corrected chi connectivity index (χ2v) is 9.58. The van der Waals surface area contributed by atoms with Crippen molar-refractivity contribution in [3.63, 3.8) is 0 Å². The Bertz CT molecular complexity index is 311. The van der Waals surface area contributed by atoms with E-state index in [-0.39, 0.29) is 0 Å². The van der Waals surface area contributed by atoms with E-state index < -0.39 is 0 Å². The van der Waals surface area contributed by atoms with Gasteiger partial charge in [0, 0.05) is 33.4 Å². The first-order valence-electron chi connectivity index (χ1n) is 14.3.